The maximum absolute atomic E-state index is 3.39. The molecule has 0 amide bonds. The summed E-state index contributed by atoms with van der Waals surface area (Å²) in [4.78, 5) is 0. The molecule has 0 radical (unpaired) electrons. The van der Waals surface area contributed by atoms with Crippen molar-refractivity contribution in [2.24, 2.45) is 0 Å². The molecule has 0 N–H and O–H groups in total. The van der Waals surface area contributed by atoms with Gasteiger partial charge in [-0.15, -0.1) is 11.1 Å². The van der Waals surface area contributed by atoms with Gasteiger partial charge in [0, 0.05) is 0 Å². The second-order valence-electron chi connectivity index (χ2n) is 7.48. The van der Waals surface area contributed by atoms with Crippen LogP contribution in [0.2, 0.25) is 0 Å². The van der Waals surface area contributed by atoms with Crippen LogP contribution in [0.1, 0.15) is 52.7 Å². The van der Waals surface area contributed by atoms with Crippen molar-refractivity contribution in [2.45, 2.75) is 52.4 Å². The molecule has 0 unspecified atom stereocenters. The Hall–Kier alpha value is 0.932. The zero-order valence-corrected chi connectivity index (χ0v) is 21.6. The van der Waals surface area contributed by atoms with Gasteiger partial charge in [-0.25, -0.2) is 11.1 Å². The predicted molar refractivity (Wildman–Crippen MR) is 98.5 cm³/mol. The van der Waals surface area contributed by atoms with Gasteiger partial charge < -0.3 is 34.0 Å². The minimum atomic E-state index is 0. The maximum atomic E-state index is 3.39. The Morgan fingerprint density at radius 2 is 0.875 bits per heavy atom. The summed E-state index contributed by atoms with van der Waals surface area (Å²) in [5.74, 6) is 0. The van der Waals surface area contributed by atoms with E-state index >= 15 is 0 Å². The smallest absolute Gasteiger partial charge is 1.00 e. The molecule has 2 aromatic carbocycles. The molecule has 0 aliphatic rings. The second-order valence-corrected chi connectivity index (χ2v) is 7.48. The molecule has 4 heteroatoms. The first kappa shape index (κ1) is 29.7. The molecule has 0 bridgehead atoms. The van der Waals surface area contributed by atoms with Crippen LogP contribution in [-0.2, 0) is 10.8 Å². The van der Waals surface area contributed by atoms with Crippen molar-refractivity contribution in [1.29, 1.82) is 0 Å². The molecule has 24 heavy (non-hydrogen) atoms. The minimum Gasteiger partial charge on any atom is -1.00 e. The third-order valence-corrected chi connectivity index (χ3v) is 3.65. The largest absolute Gasteiger partial charge is 2.00 e. The summed E-state index contributed by atoms with van der Waals surface area (Å²) < 4.78 is 0. The van der Waals surface area contributed by atoms with Crippen LogP contribution >= 0.6 is 0 Å². The molecule has 0 saturated heterocycles. The van der Waals surface area contributed by atoms with Crippen molar-refractivity contribution in [2.75, 3.05) is 0 Å². The van der Waals surface area contributed by atoms with Crippen LogP contribution in [0.25, 0.3) is 11.1 Å². The zero-order valence-electron chi connectivity index (χ0n) is 15.6. The van der Waals surface area contributed by atoms with Gasteiger partial charge in [0.05, 0.1) is 0 Å². The molecule has 0 heterocycles. The Labute approximate surface area is 201 Å². The topological polar surface area (TPSA) is 0 Å². The Bertz CT molecular complexity index is 522. The number of benzene rings is 2. The third kappa shape index (κ3) is 8.09. The number of halogens is 2. The van der Waals surface area contributed by atoms with E-state index in [0.29, 0.717) is 0 Å². The molecule has 2 aromatic rings. The zero-order chi connectivity index (χ0) is 15.0. The fraction of sp³-hybridized carbons (Fsp3) is 0.400. The van der Waals surface area contributed by atoms with E-state index in [1.54, 1.807) is 0 Å². The van der Waals surface area contributed by atoms with Gasteiger partial charge in [-0.3, -0.25) is 0 Å². The fourth-order valence-electron chi connectivity index (χ4n) is 2.12. The Morgan fingerprint density at radius 3 is 1.04 bits per heavy atom. The molecule has 0 saturated carbocycles. The average Bonchev–Trinajstić information content (AvgIpc) is 2.37. The van der Waals surface area contributed by atoms with Crippen molar-refractivity contribution in [3.8, 4) is 11.1 Å². The molecular weight excluding hydrogens is 449 g/mol. The predicted octanol–water partition coefficient (Wildman–Crippen LogP) is -1.20. The molecule has 122 valence electrons. The summed E-state index contributed by atoms with van der Waals surface area (Å²) in [5.41, 5.74) is 5.20. The molecule has 2 rings (SSSR count). The van der Waals surface area contributed by atoms with Crippen LogP contribution in [-0.4, -0.2) is 46.1 Å². The van der Waals surface area contributed by atoms with Crippen molar-refractivity contribution < 1.29 is 34.0 Å². The van der Waals surface area contributed by atoms with Gasteiger partial charge in [0.1, 0.15) is 0 Å². The first-order valence-corrected chi connectivity index (χ1v) is 7.23. The van der Waals surface area contributed by atoms with Crippen LogP contribution in [0.3, 0.4) is 0 Å². The molecule has 0 aromatic heterocycles. The molecule has 0 spiro atoms. The second kappa shape index (κ2) is 11.6. The fourth-order valence-corrected chi connectivity index (χ4v) is 2.12. The van der Waals surface area contributed by atoms with E-state index in [1.807, 2.05) is 0 Å². The summed E-state index contributed by atoms with van der Waals surface area (Å²) >= 11 is 0. The molecule has 0 aliphatic carbocycles. The maximum Gasteiger partial charge on any atom is 2.00 e. The van der Waals surface area contributed by atoms with Crippen molar-refractivity contribution in [3.05, 3.63) is 59.7 Å². The van der Waals surface area contributed by atoms with Crippen LogP contribution in [0.4, 0.5) is 0 Å². The number of hydrogen-bond donors (Lipinski definition) is 0. The van der Waals surface area contributed by atoms with Gasteiger partial charge >= 0.3 is 46.1 Å². The van der Waals surface area contributed by atoms with E-state index in [9.17, 15) is 0 Å². The van der Waals surface area contributed by atoms with Crippen LogP contribution in [0.5, 0.6) is 0 Å². The molecule has 0 fully saturated rings. The Balaban J connectivity index is -0.00000110. The van der Waals surface area contributed by atoms with Crippen molar-refractivity contribution >= 4 is 46.1 Å². The molecule has 0 aliphatic heterocycles. The van der Waals surface area contributed by atoms with Crippen molar-refractivity contribution in [1.82, 2.24) is 0 Å². The average molecular weight is 473 g/mol. The Morgan fingerprint density at radius 1 is 0.583 bits per heavy atom. The van der Waals surface area contributed by atoms with Crippen molar-refractivity contribution in [3.63, 3.8) is 0 Å². The first-order chi connectivity index (χ1) is 9.18. The normalized spacial score (nSPS) is 10.4. The first-order valence-electron chi connectivity index (χ1n) is 7.23. The van der Waals surface area contributed by atoms with Gasteiger partial charge in [-0.2, -0.15) is 48.5 Å². The van der Waals surface area contributed by atoms with Crippen LogP contribution in [0, 0.1) is 12.1 Å². The van der Waals surface area contributed by atoms with Crippen LogP contribution in [0.15, 0.2) is 36.4 Å². The summed E-state index contributed by atoms with van der Waals surface area (Å²) in [5, 5.41) is 0. The number of hydrogen-bond acceptors (Lipinski definition) is 0. The van der Waals surface area contributed by atoms with E-state index in [-0.39, 0.29) is 90.9 Å². The van der Waals surface area contributed by atoms with Crippen LogP contribution < -0.4 is 34.0 Å². The summed E-state index contributed by atoms with van der Waals surface area (Å²) in [7, 11) is 0. The number of rotatable bonds is 1. The van der Waals surface area contributed by atoms with Gasteiger partial charge in [-0.1, -0.05) is 41.5 Å². The summed E-state index contributed by atoms with van der Waals surface area (Å²) in [6.07, 6.45) is 0. The molecule has 0 atom stereocenters. The van der Waals surface area contributed by atoms with E-state index < -0.39 is 0 Å². The SMILES string of the molecule is CC(C)(C)c1c[c-]c(-c2[c-]cc(C(C)(C)C)cc2)cc1.[Br-].[Br-].[Mg+2].[Mg+2]. The quantitative estimate of drug-likeness (QED) is 0.361. The molecular formula is C20H24Br2Mg2. The van der Waals surface area contributed by atoms with Gasteiger partial charge in [-0.05, 0) is 10.8 Å². The van der Waals surface area contributed by atoms with E-state index in [2.05, 4.69) is 90.1 Å². The summed E-state index contributed by atoms with van der Waals surface area (Å²) in [6.45, 7) is 13.3. The van der Waals surface area contributed by atoms with E-state index in [0.717, 1.165) is 11.1 Å². The standard InChI is InChI=1S/C20H24.2BrH.2Mg/c1-19(2,3)17-11-7-15(8-12-17)16-9-13-18(14-10-16)20(4,5)6;;;;/h7,9,11-14H,1-6H3;2*1H;;/q-2;;;2*+2/p-2. The van der Waals surface area contributed by atoms with E-state index in [1.165, 1.54) is 11.1 Å². The Kier molecular flexibility index (Phi) is 14.4. The molecule has 0 nitrogen and oxygen atoms in total. The van der Waals surface area contributed by atoms with E-state index in [4.69, 9.17) is 0 Å². The summed E-state index contributed by atoms with van der Waals surface area (Å²) in [6, 6.07) is 19.6. The van der Waals surface area contributed by atoms with Gasteiger partial charge in [0.15, 0.2) is 0 Å². The van der Waals surface area contributed by atoms with Gasteiger partial charge in [0.2, 0.25) is 0 Å². The monoisotopic (exact) mass is 470 g/mol. The minimum absolute atomic E-state index is 0. The van der Waals surface area contributed by atoms with Gasteiger partial charge in [0.25, 0.3) is 0 Å². The third-order valence-electron chi connectivity index (χ3n) is 3.65.